The van der Waals surface area contributed by atoms with E-state index in [1.807, 2.05) is 31.2 Å². The van der Waals surface area contributed by atoms with E-state index in [2.05, 4.69) is 10.6 Å². The van der Waals surface area contributed by atoms with E-state index in [9.17, 15) is 9.59 Å². The third-order valence-corrected chi connectivity index (χ3v) is 2.73. The number of rotatable bonds is 3. The smallest absolute Gasteiger partial charge is 0.326 e. The Bertz CT molecular complexity index is 441. The van der Waals surface area contributed by atoms with Crippen LogP contribution in [0.4, 0.5) is 9.59 Å². The Labute approximate surface area is 114 Å². The van der Waals surface area contributed by atoms with E-state index in [1.165, 1.54) is 12.6 Å². The highest BCUT2D eigenvalue weighted by Gasteiger charge is 2.22. The molecule has 0 fully saturated rings. The molecule has 0 heterocycles. The Kier molecular flexibility index (Phi) is 5.36. The summed E-state index contributed by atoms with van der Waals surface area (Å²) < 4.78 is 0. The molecule has 1 aromatic rings. The summed E-state index contributed by atoms with van der Waals surface area (Å²) in [5.41, 5.74) is 2.17. The van der Waals surface area contributed by atoms with Crippen molar-refractivity contribution in [3.63, 3.8) is 0 Å². The highest BCUT2D eigenvalue weighted by molar-refractivity contribution is 5.93. The number of imide groups is 1. The van der Waals surface area contributed by atoms with Crippen LogP contribution in [0.25, 0.3) is 0 Å². The van der Waals surface area contributed by atoms with E-state index in [0.717, 1.165) is 10.5 Å². The van der Waals surface area contributed by atoms with Gasteiger partial charge >= 0.3 is 12.1 Å². The minimum atomic E-state index is -0.406. The molecule has 5 nitrogen and oxygen atoms in total. The molecule has 0 bridgehead atoms. The molecule has 1 aromatic carbocycles. The molecule has 19 heavy (non-hydrogen) atoms. The number of carbonyl (C=O) groups is 2. The maximum atomic E-state index is 12.0. The summed E-state index contributed by atoms with van der Waals surface area (Å²) >= 11 is 0. The number of benzene rings is 1. The fourth-order valence-corrected chi connectivity index (χ4v) is 1.65. The lowest BCUT2D eigenvalue weighted by Crippen LogP contribution is -2.50. The lowest BCUT2D eigenvalue weighted by atomic mass is 10.1. The van der Waals surface area contributed by atoms with Gasteiger partial charge in [-0.05, 0) is 26.3 Å². The Morgan fingerprint density at radius 3 is 2.21 bits per heavy atom. The number of carbonyl (C=O) groups excluding carboxylic acids is 2. The Morgan fingerprint density at radius 2 is 1.74 bits per heavy atom. The number of urea groups is 2. The van der Waals surface area contributed by atoms with Crippen LogP contribution < -0.4 is 10.6 Å². The second-order valence-corrected chi connectivity index (χ2v) is 4.66. The van der Waals surface area contributed by atoms with Crippen molar-refractivity contribution in [1.29, 1.82) is 0 Å². The van der Waals surface area contributed by atoms with E-state index in [1.54, 1.807) is 13.8 Å². The number of amides is 4. The van der Waals surface area contributed by atoms with Gasteiger partial charge in [-0.15, -0.1) is 0 Å². The zero-order valence-electron chi connectivity index (χ0n) is 11.9. The van der Waals surface area contributed by atoms with Crippen LogP contribution in [0.5, 0.6) is 0 Å². The van der Waals surface area contributed by atoms with Crippen LogP contribution in [-0.2, 0) is 6.54 Å². The Hall–Kier alpha value is -2.04. The van der Waals surface area contributed by atoms with Gasteiger partial charge in [-0.25, -0.2) is 14.5 Å². The van der Waals surface area contributed by atoms with Gasteiger partial charge in [0.2, 0.25) is 0 Å². The van der Waals surface area contributed by atoms with Gasteiger partial charge in [0.25, 0.3) is 0 Å². The Balaban J connectivity index is 2.62. The number of nitrogens with zero attached hydrogens (tertiary/aromatic N) is 1. The summed E-state index contributed by atoms with van der Waals surface area (Å²) in [6, 6.07) is 6.88. The maximum Gasteiger partial charge on any atom is 0.326 e. The molecule has 2 N–H and O–H groups in total. The first kappa shape index (κ1) is 15.0. The molecule has 0 atom stereocenters. The molecule has 0 saturated heterocycles. The van der Waals surface area contributed by atoms with E-state index >= 15 is 0 Å². The van der Waals surface area contributed by atoms with Crippen LogP contribution in [0.15, 0.2) is 24.3 Å². The summed E-state index contributed by atoms with van der Waals surface area (Å²) in [7, 11) is 1.50. The summed E-state index contributed by atoms with van der Waals surface area (Å²) in [5.74, 6) is 0. The van der Waals surface area contributed by atoms with Crippen LogP contribution in [-0.4, -0.2) is 30.1 Å². The molecule has 4 amide bonds. The standard InChI is InChI=1S/C14H21N3O2/c1-10(2)17(13(18)15-4)14(19)16-9-12-7-5-11(3)6-8-12/h5-8,10H,9H2,1-4H3,(H,15,18)(H,16,19). The molecule has 0 unspecified atom stereocenters. The summed E-state index contributed by atoms with van der Waals surface area (Å²) in [4.78, 5) is 24.7. The average molecular weight is 263 g/mol. The molecule has 0 radical (unpaired) electrons. The number of hydrogen-bond acceptors (Lipinski definition) is 2. The summed E-state index contributed by atoms with van der Waals surface area (Å²) in [5, 5.41) is 5.20. The molecule has 5 heteroatoms. The molecular formula is C14H21N3O2. The van der Waals surface area contributed by atoms with Gasteiger partial charge in [0.05, 0.1) is 0 Å². The molecule has 104 valence electrons. The van der Waals surface area contributed by atoms with Gasteiger partial charge in [-0.2, -0.15) is 0 Å². The fraction of sp³-hybridized carbons (Fsp3) is 0.429. The van der Waals surface area contributed by atoms with E-state index < -0.39 is 12.1 Å². The van der Waals surface area contributed by atoms with Crippen molar-refractivity contribution in [2.45, 2.75) is 33.4 Å². The van der Waals surface area contributed by atoms with Gasteiger partial charge in [-0.3, -0.25) is 0 Å². The number of hydrogen-bond donors (Lipinski definition) is 2. The second kappa shape index (κ2) is 6.78. The van der Waals surface area contributed by atoms with Crippen molar-refractivity contribution >= 4 is 12.1 Å². The fourth-order valence-electron chi connectivity index (χ4n) is 1.65. The largest absolute Gasteiger partial charge is 0.341 e. The predicted octanol–water partition coefficient (Wildman–Crippen LogP) is 2.25. The quantitative estimate of drug-likeness (QED) is 0.878. The van der Waals surface area contributed by atoms with Crippen molar-refractivity contribution < 1.29 is 9.59 Å². The normalized spacial score (nSPS) is 10.2. The van der Waals surface area contributed by atoms with Crippen LogP contribution >= 0.6 is 0 Å². The average Bonchev–Trinajstić information content (AvgIpc) is 2.37. The minimum absolute atomic E-state index is 0.196. The van der Waals surface area contributed by atoms with E-state index in [4.69, 9.17) is 0 Å². The topological polar surface area (TPSA) is 61.4 Å². The van der Waals surface area contributed by atoms with Gasteiger partial charge in [-0.1, -0.05) is 29.8 Å². The first-order valence-corrected chi connectivity index (χ1v) is 6.30. The zero-order chi connectivity index (χ0) is 14.4. The van der Waals surface area contributed by atoms with Crippen LogP contribution in [0.3, 0.4) is 0 Å². The second-order valence-electron chi connectivity index (χ2n) is 4.66. The maximum absolute atomic E-state index is 12.0. The molecule has 0 spiro atoms. The van der Waals surface area contributed by atoms with E-state index in [-0.39, 0.29) is 6.04 Å². The van der Waals surface area contributed by atoms with Crippen LogP contribution in [0, 0.1) is 6.92 Å². The third-order valence-electron chi connectivity index (χ3n) is 2.73. The van der Waals surface area contributed by atoms with Gasteiger partial charge in [0.15, 0.2) is 0 Å². The van der Waals surface area contributed by atoms with E-state index in [0.29, 0.717) is 6.54 Å². The van der Waals surface area contributed by atoms with Gasteiger partial charge in [0, 0.05) is 19.6 Å². The minimum Gasteiger partial charge on any atom is -0.341 e. The highest BCUT2D eigenvalue weighted by Crippen LogP contribution is 2.04. The monoisotopic (exact) mass is 263 g/mol. The van der Waals surface area contributed by atoms with Crippen molar-refractivity contribution in [2.75, 3.05) is 7.05 Å². The third kappa shape index (κ3) is 4.28. The predicted molar refractivity (Wildman–Crippen MR) is 74.8 cm³/mol. The van der Waals surface area contributed by atoms with Crippen molar-refractivity contribution in [2.24, 2.45) is 0 Å². The molecule has 0 aromatic heterocycles. The summed E-state index contributed by atoms with van der Waals surface area (Å²) in [6.45, 7) is 6.00. The lowest BCUT2D eigenvalue weighted by molar-refractivity contribution is 0.176. The highest BCUT2D eigenvalue weighted by atomic mass is 16.2. The van der Waals surface area contributed by atoms with Gasteiger partial charge in [0.1, 0.15) is 0 Å². The molecule has 1 rings (SSSR count). The zero-order valence-corrected chi connectivity index (χ0v) is 11.9. The van der Waals surface area contributed by atoms with Crippen molar-refractivity contribution in [3.8, 4) is 0 Å². The first-order valence-electron chi connectivity index (χ1n) is 6.30. The molecular weight excluding hydrogens is 242 g/mol. The van der Waals surface area contributed by atoms with Crippen molar-refractivity contribution in [1.82, 2.24) is 15.5 Å². The molecule has 0 saturated carbocycles. The van der Waals surface area contributed by atoms with Gasteiger partial charge < -0.3 is 10.6 Å². The summed E-state index contributed by atoms with van der Waals surface area (Å²) in [6.07, 6.45) is 0. The number of aryl methyl sites for hydroxylation is 1. The Morgan fingerprint density at radius 1 is 1.16 bits per heavy atom. The molecule has 0 aliphatic carbocycles. The molecule has 0 aliphatic heterocycles. The van der Waals surface area contributed by atoms with Crippen LogP contribution in [0.2, 0.25) is 0 Å². The van der Waals surface area contributed by atoms with Crippen LogP contribution in [0.1, 0.15) is 25.0 Å². The SMILES string of the molecule is CNC(=O)N(C(=O)NCc1ccc(C)cc1)C(C)C. The molecule has 0 aliphatic rings. The number of nitrogens with one attached hydrogen (secondary N) is 2. The van der Waals surface area contributed by atoms with Crippen molar-refractivity contribution in [3.05, 3.63) is 35.4 Å². The lowest BCUT2D eigenvalue weighted by Gasteiger charge is -2.24. The first-order chi connectivity index (χ1) is 8.95.